The molecule has 0 radical (unpaired) electrons. The first-order valence-corrected chi connectivity index (χ1v) is 12.8. The molecule has 0 aromatic rings. The molecular formula is C21H29F2NO9S. The van der Waals surface area contributed by atoms with E-state index in [1.165, 1.54) is 4.90 Å². The van der Waals surface area contributed by atoms with E-state index >= 15 is 0 Å². The molecule has 0 spiro atoms. The van der Waals surface area contributed by atoms with Crippen LogP contribution in [-0.2, 0) is 38.7 Å². The lowest BCUT2D eigenvalue weighted by atomic mass is 9.78. The number of amides is 1. The highest BCUT2D eigenvalue weighted by Gasteiger charge is 2.74. The minimum Gasteiger partial charge on any atom is -0.458 e. The Labute approximate surface area is 196 Å². The smallest absolute Gasteiger partial charge is 0.402 e. The van der Waals surface area contributed by atoms with E-state index in [4.69, 9.17) is 14.0 Å². The maximum atomic E-state index is 13.6. The Hall–Kier alpha value is -1.86. The highest BCUT2D eigenvalue weighted by molar-refractivity contribution is 7.86. The third-order valence-corrected chi connectivity index (χ3v) is 8.04. The Morgan fingerprint density at radius 1 is 1.12 bits per heavy atom. The van der Waals surface area contributed by atoms with Crippen molar-refractivity contribution in [3.8, 4) is 0 Å². The number of carbonyl (C=O) groups is 3. The molecule has 1 aliphatic carbocycles. The Morgan fingerprint density at radius 3 is 2.29 bits per heavy atom. The van der Waals surface area contributed by atoms with E-state index < -0.39 is 81.6 Å². The number of carbonyl (C=O) groups excluding carboxylic acids is 3. The molecule has 0 aromatic heterocycles. The second-order valence-electron chi connectivity index (χ2n) is 10.4. The van der Waals surface area contributed by atoms with Crippen molar-refractivity contribution in [2.45, 2.75) is 88.0 Å². The van der Waals surface area contributed by atoms with Crippen molar-refractivity contribution in [2.75, 3.05) is 6.61 Å². The molecule has 13 heteroatoms. The third kappa shape index (κ3) is 4.09. The van der Waals surface area contributed by atoms with Gasteiger partial charge >= 0.3 is 27.3 Å². The predicted molar refractivity (Wildman–Crippen MR) is 110 cm³/mol. The molecule has 1 saturated carbocycles. The molecule has 192 valence electrons. The summed E-state index contributed by atoms with van der Waals surface area (Å²) < 4.78 is 73.8. The zero-order valence-electron chi connectivity index (χ0n) is 19.1. The van der Waals surface area contributed by atoms with Gasteiger partial charge in [-0.3, -0.25) is 18.9 Å². The van der Waals surface area contributed by atoms with E-state index in [1.807, 2.05) is 0 Å². The second kappa shape index (κ2) is 8.37. The van der Waals surface area contributed by atoms with Crippen molar-refractivity contribution >= 4 is 28.0 Å². The van der Waals surface area contributed by atoms with Gasteiger partial charge < -0.3 is 19.1 Å². The molecule has 6 unspecified atom stereocenters. The summed E-state index contributed by atoms with van der Waals surface area (Å²) >= 11 is 0. The molecule has 34 heavy (non-hydrogen) atoms. The fourth-order valence-electron chi connectivity index (χ4n) is 5.70. The summed E-state index contributed by atoms with van der Waals surface area (Å²) in [6, 6.07) is -0.640. The Kier molecular flexibility index (Phi) is 6.21. The molecule has 2 bridgehead atoms. The average Bonchev–Trinajstić information content (AvgIpc) is 3.34. The molecule has 1 amide bonds. The van der Waals surface area contributed by atoms with Crippen LogP contribution in [0.3, 0.4) is 0 Å². The molecule has 4 fully saturated rings. The summed E-state index contributed by atoms with van der Waals surface area (Å²) in [5, 5.41) is -4.71. The van der Waals surface area contributed by atoms with Crippen LogP contribution < -0.4 is 0 Å². The molecule has 6 atom stereocenters. The standard InChI is InChI=1S/C21H29F2NO9S/c1-20(2,3)24-13-14-11(17(24)25)12(19(27)31-9-21(22,23)34(28,29)30)15(32-14)16(13)33-18(26)10-7-5-4-6-8-10/h10-16H,4-9H2,1-3H3,(H,28,29,30). The van der Waals surface area contributed by atoms with Crippen LogP contribution in [0.25, 0.3) is 0 Å². The summed E-state index contributed by atoms with van der Waals surface area (Å²) in [6.07, 6.45) is 1.25. The van der Waals surface area contributed by atoms with Crippen molar-refractivity contribution in [3.63, 3.8) is 0 Å². The first kappa shape index (κ1) is 25.2. The summed E-state index contributed by atoms with van der Waals surface area (Å²) in [5.41, 5.74) is -0.709. The Balaban J connectivity index is 1.59. The molecule has 3 heterocycles. The molecule has 4 rings (SSSR count). The molecule has 10 nitrogen and oxygen atoms in total. The summed E-state index contributed by atoms with van der Waals surface area (Å²) in [4.78, 5) is 40.5. The van der Waals surface area contributed by atoms with Crippen LogP contribution in [0, 0.1) is 17.8 Å². The van der Waals surface area contributed by atoms with Gasteiger partial charge in [-0.05, 0) is 33.6 Å². The van der Waals surface area contributed by atoms with Gasteiger partial charge in [-0.15, -0.1) is 0 Å². The highest BCUT2D eigenvalue weighted by atomic mass is 32.2. The van der Waals surface area contributed by atoms with Crippen molar-refractivity contribution < 1.29 is 50.3 Å². The highest BCUT2D eigenvalue weighted by Crippen LogP contribution is 2.54. The summed E-state index contributed by atoms with van der Waals surface area (Å²) in [7, 11) is -5.81. The first-order chi connectivity index (χ1) is 15.6. The van der Waals surface area contributed by atoms with Gasteiger partial charge in [0.05, 0.1) is 24.0 Å². The van der Waals surface area contributed by atoms with Crippen LogP contribution in [0.5, 0.6) is 0 Å². The van der Waals surface area contributed by atoms with Gasteiger partial charge in [-0.25, -0.2) is 0 Å². The minimum absolute atomic E-state index is 0.303. The largest absolute Gasteiger partial charge is 0.458 e. The Morgan fingerprint density at radius 2 is 1.74 bits per heavy atom. The number of esters is 2. The van der Waals surface area contributed by atoms with Gasteiger partial charge in [-0.1, -0.05) is 19.3 Å². The third-order valence-electron chi connectivity index (χ3n) is 7.17. The van der Waals surface area contributed by atoms with Crippen LogP contribution in [0.2, 0.25) is 0 Å². The molecule has 3 aliphatic heterocycles. The van der Waals surface area contributed by atoms with E-state index in [0.29, 0.717) is 12.8 Å². The number of hydrogen-bond donors (Lipinski definition) is 1. The van der Waals surface area contributed by atoms with Crippen molar-refractivity contribution in [1.82, 2.24) is 4.90 Å². The number of rotatable bonds is 6. The molecule has 4 aliphatic rings. The SMILES string of the molecule is CC(C)(C)N1C(=O)C2C3OC(C(OC(=O)C4CCCCC4)C31)C2C(=O)OCC(F)(F)S(=O)(=O)O. The van der Waals surface area contributed by atoms with Crippen LogP contribution in [0.4, 0.5) is 8.78 Å². The van der Waals surface area contributed by atoms with E-state index in [-0.39, 0.29) is 5.92 Å². The molecule has 3 saturated heterocycles. The monoisotopic (exact) mass is 509 g/mol. The number of nitrogens with zero attached hydrogens (tertiary/aromatic N) is 1. The lowest BCUT2D eigenvalue weighted by molar-refractivity contribution is -0.168. The molecule has 1 N–H and O–H groups in total. The van der Waals surface area contributed by atoms with Crippen LogP contribution >= 0.6 is 0 Å². The van der Waals surface area contributed by atoms with Gasteiger partial charge in [0, 0.05) is 5.54 Å². The zero-order valence-corrected chi connectivity index (χ0v) is 19.9. The number of alkyl halides is 2. The topological polar surface area (TPSA) is 137 Å². The maximum Gasteiger partial charge on any atom is 0.402 e. The predicted octanol–water partition coefficient (Wildman–Crippen LogP) is 1.52. The minimum atomic E-state index is -5.81. The Bertz CT molecular complexity index is 973. The fraction of sp³-hybridized carbons (Fsp3) is 0.857. The number of halogens is 2. The van der Waals surface area contributed by atoms with Crippen molar-refractivity contribution in [3.05, 3.63) is 0 Å². The van der Waals surface area contributed by atoms with Crippen LogP contribution in [0.15, 0.2) is 0 Å². The zero-order chi connectivity index (χ0) is 25.2. The van der Waals surface area contributed by atoms with Crippen LogP contribution in [0.1, 0.15) is 52.9 Å². The lowest BCUT2D eigenvalue weighted by Crippen LogP contribution is -2.55. The van der Waals surface area contributed by atoms with Crippen molar-refractivity contribution in [1.29, 1.82) is 0 Å². The van der Waals surface area contributed by atoms with E-state index in [1.54, 1.807) is 20.8 Å². The lowest BCUT2D eigenvalue weighted by Gasteiger charge is -2.39. The fourth-order valence-corrected chi connectivity index (χ4v) is 5.91. The number of fused-ring (bicyclic) bond motifs is 1. The number of hydrogen-bond acceptors (Lipinski definition) is 8. The van der Waals surface area contributed by atoms with Gasteiger partial charge in [-0.2, -0.15) is 17.2 Å². The molecule has 0 aromatic carbocycles. The normalized spacial score (nSPS) is 33.9. The van der Waals surface area contributed by atoms with E-state index in [0.717, 1.165) is 19.3 Å². The van der Waals surface area contributed by atoms with E-state index in [9.17, 15) is 31.6 Å². The quantitative estimate of drug-likeness (QED) is 0.417. The maximum absolute atomic E-state index is 13.6. The molecular weight excluding hydrogens is 480 g/mol. The first-order valence-electron chi connectivity index (χ1n) is 11.4. The van der Waals surface area contributed by atoms with Gasteiger partial charge in [0.25, 0.3) is 0 Å². The van der Waals surface area contributed by atoms with Gasteiger partial charge in [0.1, 0.15) is 12.0 Å². The summed E-state index contributed by atoms with van der Waals surface area (Å²) in [6.45, 7) is 3.42. The average molecular weight is 510 g/mol. The van der Waals surface area contributed by atoms with Crippen molar-refractivity contribution in [2.24, 2.45) is 17.8 Å². The van der Waals surface area contributed by atoms with Gasteiger partial charge in [0.2, 0.25) is 5.91 Å². The second-order valence-corrected chi connectivity index (χ2v) is 12.0. The number of ether oxygens (including phenoxy) is 3. The van der Waals surface area contributed by atoms with E-state index in [2.05, 4.69) is 4.74 Å². The summed E-state index contributed by atoms with van der Waals surface area (Å²) in [5.74, 6) is -4.88. The van der Waals surface area contributed by atoms with Crippen LogP contribution in [-0.4, -0.2) is 77.5 Å². The number of likely N-dealkylation sites (tertiary alicyclic amines) is 1. The van der Waals surface area contributed by atoms with Gasteiger partial charge in [0.15, 0.2) is 12.7 Å².